The van der Waals surface area contributed by atoms with Gasteiger partial charge in [-0.2, -0.15) is 26.3 Å². The average molecular weight is 937 g/mol. The van der Waals surface area contributed by atoms with Crippen molar-refractivity contribution in [1.82, 2.24) is 0 Å². The maximum atomic E-state index is 13.5. The molecule has 3 N–H and O–H groups in total. The van der Waals surface area contributed by atoms with Gasteiger partial charge in [0.05, 0.1) is 52.6 Å². The van der Waals surface area contributed by atoms with Crippen LogP contribution >= 0.6 is 39.1 Å². The van der Waals surface area contributed by atoms with Gasteiger partial charge in [0.1, 0.15) is 5.75 Å². The first kappa shape index (κ1) is 46.7. The standard InChI is InChI=1S/C20H17ClF3NO4.C16H11ClF3NO4.C4H7Br/c1-28-19(27)11-5-7-13(8-6-11)25-18(26)12-9-15(20(22,23)24)17(16(21)10-12)29-14-3-2-4-14;1-25-15(24)8-2-4-10(5-3-8)21-14(23)9-6-11(16(18,19)20)13(22)12(17)7-9;5-4-2-1-3-4/h5-10,14H,2-4H2,1H3,(H,25,26);2-7,22H,1H3,(H,21,23);4H,1-3H2. The number of carbonyl (C=O) groups is 4. The number of aromatic hydroxyl groups is 1. The predicted octanol–water partition coefficient (Wildman–Crippen LogP) is 11.4. The van der Waals surface area contributed by atoms with Crippen molar-refractivity contribution in [3.05, 3.63) is 116 Å². The van der Waals surface area contributed by atoms with Gasteiger partial charge in [0.2, 0.25) is 0 Å². The minimum Gasteiger partial charge on any atom is -0.506 e. The van der Waals surface area contributed by atoms with Crippen LogP contribution < -0.4 is 15.4 Å². The topological polar surface area (TPSA) is 140 Å². The zero-order valence-corrected chi connectivity index (χ0v) is 34.1. The summed E-state index contributed by atoms with van der Waals surface area (Å²) in [6.07, 6.45) is -3.45. The van der Waals surface area contributed by atoms with Gasteiger partial charge < -0.3 is 30.0 Å². The summed E-state index contributed by atoms with van der Waals surface area (Å²) in [5.41, 5.74) is -2.10. The van der Waals surface area contributed by atoms with Crippen LogP contribution in [0.4, 0.5) is 37.7 Å². The molecule has 316 valence electrons. The molecule has 19 heteroatoms. The average Bonchev–Trinajstić information content (AvgIpc) is 3.16. The first-order valence-electron chi connectivity index (χ1n) is 17.5. The SMILES string of the molecule is BrC1CCC1.COC(=O)c1ccc(NC(=O)c2cc(Cl)c(O)c(C(F)(F)F)c2)cc1.COC(=O)c1ccc(NC(=O)c2cc(Cl)c(OC3CCC3)c(C(F)(F)F)c2)cc1. The van der Waals surface area contributed by atoms with Crippen molar-refractivity contribution in [1.29, 1.82) is 0 Å². The molecule has 0 aliphatic heterocycles. The van der Waals surface area contributed by atoms with Crippen molar-refractivity contribution >= 4 is 74.3 Å². The number of nitrogens with one attached hydrogen (secondary N) is 2. The number of esters is 2. The fourth-order valence-corrected chi connectivity index (χ4v) is 6.17. The molecule has 0 bridgehead atoms. The molecule has 4 aromatic carbocycles. The molecule has 2 saturated carbocycles. The number of hydrogen-bond acceptors (Lipinski definition) is 8. The summed E-state index contributed by atoms with van der Waals surface area (Å²) < 4.78 is 93.6. The Morgan fingerprint density at radius 3 is 1.37 bits per heavy atom. The van der Waals surface area contributed by atoms with Crippen LogP contribution in [0.1, 0.15) is 91.1 Å². The van der Waals surface area contributed by atoms with Crippen molar-refractivity contribution in [2.24, 2.45) is 0 Å². The number of hydrogen-bond donors (Lipinski definition) is 3. The zero-order valence-electron chi connectivity index (χ0n) is 31.0. The van der Waals surface area contributed by atoms with E-state index in [0.717, 1.165) is 29.4 Å². The lowest BCUT2D eigenvalue weighted by molar-refractivity contribution is -0.140. The van der Waals surface area contributed by atoms with Crippen LogP contribution in [0.3, 0.4) is 0 Å². The quantitative estimate of drug-likeness (QED) is 0.0901. The highest BCUT2D eigenvalue weighted by Crippen LogP contribution is 2.43. The number of rotatable bonds is 8. The Kier molecular flexibility index (Phi) is 16.1. The van der Waals surface area contributed by atoms with Gasteiger partial charge in [0.25, 0.3) is 11.8 Å². The number of alkyl halides is 7. The second-order valence-electron chi connectivity index (χ2n) is 12.9. The van der Waals surface area contributed by atoms with E-state index in [2.05, 4.69) is 36.0 Å². The van der Waals surface area contributed by atoms with Crippen molar-refractivity contribution in [3.8, 4) is 11.5 Å². The minimum absolute atomic E-state index is 0.243. The maximum Gasteiger partial charge on any atom is 0.420 e. The van der Waals surface area contributed by atoms with E-state index in [4.69, 9.17) is 27.9 Å². The minimum atomic E-state index is -4.87. The largest absolute Gasteiger partial charge is 0.506 e. The summed E-state index contributed by atoms with van der Waals surface area (Å²) >= 11 is 15.1. The van der Waals surface area contributed by atoms with Gasteiger partial charge in [-0.1, -0.05) is 45.6 Å². The van der Waals surface area contributed by atoms with E-state index in [9.17, 15) is 50.6 Å². The lowest BCUT2D eigenvalue weighted by Crippen LogP contribution is -2.26. The summed E-state index contributed by atoms with van der Waals surface area (Å²) in [5.74, 6) is -4.36. The number of amides is 2. The first-order valence-corrected chi connectivity index (χ1v) is 19.2. The van der Waals surface area contributed by atoms with Gasteiger partial charge in [-0.05, 0) is 105 Å². The van der Waals surface area contributed by atoms with Crippen molar-refractivity contribution < 1.29 is 64.8 Å². The second-order valence-corrected chi connectivity index (χ2v) is 15.0. The number of benzene rings is 4. The summed E-state index contributed by atoms with van der Waals surface area (Å²) in [5, 5.41) is 13.4. The van der Waals surface area contributed by atoms with Gasteiger partial charge in [-0.15, -0.1) is 0 Å². The van der Waals surface area contributed by atoms with E-state index in [0.29, 0.717) is 24.6 Å². The normalized spacial score (nSPS) is 13.8. The first-order chi connectivity index (χ1) is 27.7. The Labute approximate surface area is 352 Å². The van der Waals surface area contributed by atoms with E-state index in [-0.39, 0.29) is 39.1 Å². The van der Waals surface area contributed by atoms with Gasteiger partial charge in [0.15, 0.2) is 5.75 Å². The number of ether oxygens (including phenoxy) is 3. The van der Waals surface area contributed by atoms with E-state index in [1.807, 2.05) is 0 Å². The molecule has 0 saturated heterocycles. The molecular formula is C40H35BrCl2F6N2O8. The van der Waals surface area contributed by atoms with Crippen LogP contribution in [0.5, 0.6) is 11.5 Å². The Morgan fingerprint density at radius 2 is 1.03 bits per heavy atom. The number of phenols is 1. The molecular weight excluding hydrogens is 901 g/mol. The van der Waals surface area contributed by atoms with Gasteiger partial charge >= 0.3 is 24.3 Å². The number of carbonyl (C=O) groups excluding carboxylic acids is 4. The smallest absolute Gasteiger partial charge is 0.420 e. The molecule has 0 heterocycles. The fourth-order valence-electron chi connectivity index (χ4n) is 5.04. The Morgan fingerprint density at radius 1 is 0.644 bits per heavy atom. The van der Waals surface area contributed by atoms with Crippen molar-refractivity contribution in [3.63, 3.8) is 0 Å². The number of halogens is 9. The van der Waals surface area contributed by atoms with Crippen LogP contribution in [-0.4, -0.2) is 54.0 Å². The summed E-state index contributed by atoms with van der Waals surface area (Å²) in [6.45, 7) is 0. The highest BCUT2D eigenvalue weighted by Gasteiger charge is 2.38. The summed E-state index contributed by atoms with van der Waals surface area (Å²) in [7, 11) is 2.45. The lowest BCUT2D eigenvalue weighted by Gasteiger charge is -2.28. The third-order valence-corrected chi connectivity index (χ3v) is 10.2. The van der Waals surface area contributed by atoms with Gasteiger partial charge in [0, 0.05) is 27.3 Å². The Bertz CT molecular complexity index is 2150. The summed E-state index contributed by atoms with van der Waals surface area (Å²) in [6, 6.07) is 14.5. The third kappa shape index (κ3) is 13.0. The van der Waals surface area contributed by atoms with E-state index >= 15 is 0 Å². The molecule has 6 rings (SSSR count). The predicted molar refractivity (Wildman–Crippen MR) is 211 cm³/mol. The fraction of sp³-hybridized carbons (Fsp3) is 0.300. The van der Waals surface area contributed by atoms with Crippen LogP contribution in [0.2, 0.25) is 10.0 Å². The molecule has 4 aromatic rings. The lowest BCUT2D eigenvalue weighted by atomic mass is 9.96. The maximum absolute atomic E-state index is 13.5. The second kappa shape index (κ2) is 20.3. The highest BCUT2D eigenvalue weighted by atomic mass is 79.9. The molecule has 0 atom stereocenters. The molecule has 2 fully saturated rings. The monoisotopic (exact) mass is 934 g/mol. The molecule has 2 amide bonds. The van der Waals surface area contributed by atoms with Crippen LogP contribution in [0.15, 0.2) is 72.8 Å². The van der Waals surface area contributed by atoms with Crippen LogP contribution in [0.25, 0.3) is 0 Å². The Balaban J connectivity index is 0.000000234. The van der Waals surface area contributed by atoms with Crippen LogP contribution in [-0.2, 0) is 21.8 Å². The molecule has 10 nitrogen and oxygen atoms in total. The van der Waals surface area contributed by atoms with Gasteiger partial charge in [-0.3, -0.25) is 9.59 Å². The third-order valence-electron chi connectivity index (χ3n) is 8.74. The number of anilines is 2. The van der Waals surface area contributed by atoms with Crippen molar-refractivity contribution in [2.75, 3.05) is 24.9 Å². The van der Waals surface area contributed by atoms with Crippen molar-refractivity contribution in [2.45, 2.75) is 61.8 Å². The van der Waals surface area contributed by atoms with Crippen LogP contribution in [0, 0.1) is 0 Å². The van der Waals surface area contributed by atoms with E-state index in [1.54, 1.807) is 0 Å². The number of methoxy groups -OCH3 is 2. The molecule has 0 spiro atoms. The molecule has 2 aliphatic carbocycles. The van der Waals surface area contributed by atoms with E-state index in [1.165, 1.54) is 82.0 Å². The number of phenolic OH excluding ortho intramolecular Hbond substituents is 1. The summed E-state index contributed by atoms with van der Waals surface area (Å²) in [4.78, 5) is 48.2. The molecule has 0 aromatic heterocycles. The Hall–Kier alpha value is -5.00. The van der Waals surface area contributed by atoms with E-state index < -0.39 is 63.8 Å². The highest BCUT2D eigenvalue weighted by molar-refractivity contribution is 9.09. The zero-order chi connectivity index (χ0) is 43.7. The molecule has 0 radical (unpaired) electrons. The molecule has 59 heavy (non-hydrogen) atoms. The molecule has 0 unspecified atom stereocenters. The van der Waals surface area contributed by atoms with Gasteiger partial charge in [-0.25, -0.2) is 9.59 Å². The molecule has 2 aliphatic rings.